The highest BCUT2D eigenvalue weighted by molar-refractivity contribution is 6.13. The second kappa shape index (κ2) is 13.3. The summed E-state index contributed by atoms with van der Waals surface area (Å²) in [6, 6.07) is 49.1. The van der Waals surface area contributed by atoms with Gasteiger partial charge in [0.05, 0.1) is 13.9 Å². The zero-order chi connectivity index (χ0) is 41.1. The number of benzene rings is 8. The Balaban J connectivity index is 1.24. The minimum Gasteiger partial charge on any atom is -0.456 e. The Morgan fingerprint density at radius 2 is 1.04 bits per heavy atom. The minimum absolute atomic E-state index is 0.00771. The van der Waals surface area contributed by atoms with Gasteiger partial charge in [0.1, 0.15) is 11.2 Å². The van der Waals surface area contributed by atoms with Gasteiger partial charge in [0.2, 0.25) is 0 Å². The first kappa shape index (κ1) is 25.6. The Morgan fingerprint density at radius 3 is 1.76 bits per heavy atom. The molecule has 0 fully saturated rings. The zero-order valence-corrected chi connectivity index (χ0v) is 28.7. The van der Waals surface area contributed by atoms with Gasteiger partial charge in [-0.15, -0.1) is 0 Å². The number of fused-ring (bicyclic) bond motifs is 4. The molecule has 5 heteroatoms. The summed E-state index contributed by atoms with van der Waals surface area (Å²) in [7, 11) is 0. The molecule has 0 bridgehead atoms. The summed E-state index contributed by atoms with van der Waals surface area (Å²) in [5, 5.41) is 2.38. The highest BCUT2D eigenvalue weighted by Crippen LogP contribution is 2.42. The molecule has 0 unspecified atom stereocenters. The number of hydrogen-bond acceptors (Lipinski definition) is 5. The van der Waals surface area contributed by atoms with E-state index in [1.54, 1.807) is 0 Å². The van der Waals surface area contributed by atoms with Crippen molar-refractivity contribution in [2.24, 2.45) is 0 Å². The van der Waals surface area contributed by atoms with Crippen molar-refractivity contribution in [3.8, 4) is 45.3 Å². The topological polar surface area (TPSA) is 55.1 Å². The summed E-state index contributed by atoms with van der Waals surface area (Å²) < 4.78 is 60.7. The second-order valence-electron chi connectivity index (χ2n) is 12.8. The van der Waals surface area contributed by atoms with Gasteiger partial charge in [-0.1, -0.05) is 146 Å². The van der Waals surface area contributed by atoms with Gasteiger partial charge in [-0.3, -0.25) is 0 Å². The summed E-state index contributed by atoms with van der Waals surface area (Å²) in [6.45, 7) is 0. The molecule has 10 aromatic rings. The fourth-order valence-electron chi connectivity index (χ4n) is 6.90. The van der Waals surface area contributed by atoms with E-state index in [9.17, 15) is 2.74 Å². The third kappa shape index (κ3) is 5.65. The minimum atomic E-state index is -0.464. The lowest BCUT2D eigenvalue weighted by molar-refractivity contribution is 0.669. The van der Waals surface area contributed by atoms with Crippen LogP contribution in [0.3, 0.4) is 0 Å². The van der Waals surface area contributed by atoms with E-state index in [1.165, 1.54) is 0 Å². The predicted molar refractivity (Wildman–Crippen MR) is 221 cm³/mol. The molecule has 0 amide bonds. The lowest BCUT2D eigenvalue weighted by Gasteiger charge is -2.27. The Labute approximate surface area is 320 Å². The highest BCUT2D eigenvalue weighted by atomic mass is 16.3. The molecule has 5 nitrogen and oxygen atoms in total. The van der Waals surface area contributed by atoms with Crippen molar-refractivity contribution in [2.75, 3.05) is 4.90 Å². The van der Waals surface area contributed by atoms with Crippen LogP contribution in [0.25, 0.3) is 78.0 Å². The average molecular weight is 699 g/mol. The van der Waals surface area contributed by atoms with Crippen molar-refractivity contribution in [2.45, 2.75) is 0 Å². The number of anilines is 3. The molecule has 0 spiro atoms. The number of rotatable bonds is 7. The number of para-hydroxylation sites is 2. The fourth-order valence-corrected chi connectivity index (χ4v) is 6.90. The van der Waals surface area contributed by atoms with Crippen molar-refractivity contribution in [1.29, 1.82) is 0 Å². The van der Waals surface area contributed by atoms with E-state index in [0.717, 1.165) is 27.8 Å². The summed E-state index contributed by atoms with van der Waals surface area (Å²) >= 11 is 0. The van der Waals surface area contributed by atoms with Crippen LogP contribution in [0.5, 0.6) is 0 Å². The van der Waals surface area contributed by atoms with Crippen LogP contribution in [-0.4, -0.2) is 15.0 Å². The van der Waals surface area contributed by atoms with Gasteiger partial charge >= 0.3 is 0 Å². The van der Waals surface area contributed by atoms with E-state index in [0.29, 0.717) is 28.3 Å². The SMILES string of the molecule is [2H]c1c([2H])c([2H])c2c(oc3c([2H])c(-c4ccc(N(c5ccccc5)c5cccc6ccccc56)cc4)c([2H])c(-c4nc(-c5ccccc5)nc(-c5ccccc5)n4)c32)c1[2H]. The highest BCUT2D eigenvalue weighted by Gasteiger charge is 2.20. The van der Waals surface area contributed by atoms with Gasteiger partial charge in [0, 0.05) is 44.2 Å². The molecule has 2 heterocycles. The molecule has 0 aliphatic heterocycles. The van der Waals surface area contributed by atoms with Gasteiger partial charge in [-0.25, -0.2) is 15.0 Å². The van der Waals surface area contributed by atoms with E-state index in [-0.39, 0.29) is 63.1 Å². The van der Waals surface area contributed by atoms with Crippen LogP contribution in [-0.2, 0) is 0 Å². The third-order valence-corrected chi connectivity index (χ3v) is 9.43. The molecule has 8 aromatic carbocycles. The van der Waals surface area contributed by atoms with Gasteiger partial charge in [0.15, 0.2) is 17.5 Å². The molecule has 0 N–H and O–H groups in total. The van der Waals surface area contributed by atoms with Crippen LogP contribution in [0.2, 0.25) is 0 Å². The molecule has 0 saturated carbocycles. The predicted octanol–water partition coefficient (Wildman–Crippen LogP) is 13.1. The van der Waals surface area contributed by atoms with Gasteiger partial charge in [-0.05, 0) is 65.0 Å². The fraction of sp³-hybridized carbons (Fsp3) is 0. The van der Waals surface area contributed by atoms with E-state index in [2.05, 4.69) is 41.3 Å². The number of nitrogens with zero attached hydrogens (tertiary/aromatic N) is 4. The summed E-state index contributed by atoms with van der Waals surface area (Å²) in [6.07, 6.45) is 0. The number of aromatic nitrogens is 3. The lowest BCUT2D eigenvalue weighted by atomic mass is 9.97. The largest absolute Gasteiger partial charge is 0.456 e. The Kier molecular flexibility index (Phi) is 6.30. The van der Waals surface area contributed by atoms with Crippen LogP contribution in [0.1, 0.15) is 8.22 Å². The van der Waals surface area contributed by atoms with Crippen molar-refractivity contribution in [3.05, 3.63) is 194 Å². The molecule has 0 radical (unpaired) electrons. The van der Waals surface area contributed by atoms with Crippen molar-refractivity contribution in [1.82, 2.24) is 15.0 Å². The third-order valence-electron chi connectivity index (χ3n) is 9.43. The Hall–Kier alpha value is -7.37. The molecular weight excluding hydrogens is 661 g/mol. The second-order valence-corrected chi connectivity index (χ2v) is 12.8. The average Bonchev–Trinajstić information content (AvgIpc) is 3.70. The summed E-state index contributed by atoms with van der Waals surface area (Å²) in [5.74, 6) is 0.783. The summed E-state index contributed by atoms with van der Waals surface area (Å²) in [4.78, 5) is 16.9. The molecule has 0 aliphatic carbocycles. The molecule has 0 saturated heterocycles. The van der Waals surface area contributed by atoms with Crippen molar-refractivity contribution < 1.29 is 12.6 Å². The molecule has 254 valence electrons. The smallest absolute Gasteiger partial charge is 0.164 e. The molecule has 2 aromatic heterocycles. The van der Waals surface area contributed by atoms with Crippen LogP contribution in [0.15, 0.2) is 198 Å². The normalized spacial score (nSPS) is 12.9. The Bertz CT molecular complexity index is 3210. The van der Waals surface area contributed by atoms with Crippen LogP contribution >= 0.6 is 0 Å². The zero-order valence-electron chi connectivity index (χ0n) is 34.7. The monoisotopic (exact) mass is 698 g/mol. The van der Waals surface area contributed by atoms with E-state index in [4.69, 9.17) is 24.9 Å². The van der Waals surface area contributed by atoms with Gasteiger partial charge < -0.3 is 9.32 Å². The summed E-state index contributed by atoms with van der Waals surface area (Å²) in [5.41, 5.74) is 5.00. The van der Waals surface area contributed by atoms with E-state index >= 15 is 0 Å². The number of hydrogen-bond donors (Lipinski definition) is 0. The van der Waals surface area contributed by atoms with Crippen LogP contribution in [0, 0.1) is 0 Å². The standard InChI is InChI=1S/C49H32N4O/c1-4-16-35(17-5-1)47-50-48(36-18-6-2-7-19-36)52-49(51-47)42-31-37(32-45-46(42)41-24-12-13-26-44(41)54-45)33-27-29-39(30-28-33)53(38-21-8-3-9-22-38)43-25-14-20-34-15-10-11-23-40(34)43/h1-32H/i12D,13D,24D,26D,31D,32D. The van der Waals surface area contributed by atoms with Crippen molar-refractivity contribution in [3.63, 3.8) is 0 Å². The maximum Gasteiger partial charge on any atom is 0.164 e. The van der Waals surface area contributed by atoms with Crippen LogP contribution < -0.4 is 4.90 Å². The maximum atomic E-state index is 9.96. The molecular formula is C49H32N4O. The molecule has 10 rings (SSSR count). The first-order chi connectivity index (χ1) is 29.3. The first-order valence-electron chi connectivity index (χ1n) is 20.5. The van der Waals surface area contributed by atoms with E-state index < -0.39 is 12.1 Å². The van der Waals surface area contributed by atoms with Gasteiger partial charge in [-0.2, -0.15) is 0 Å². The molecule has 0 atom stereocenters. The molecule has 0 aliphatic rings. The number of furan rings is 1. The van der Waals surface area contributed by atoms with E-state index in [1.807, 2.05) is 121 Å². The van der Waals surface area contributed by atoms with Crippen LogP contribution in [0.4, 0.5) is 17.1 Å². The maximum absolute atomic E-state index is 9.96. The molecule has 54 heavy (non-hydrogen) atoms. The quantitative estimate of drug-likeness (QED) is 0.166. The van der Waals surface area contributed by atoms with Crippen molar-refractivity contribution >= 4 is 49.8 Å². The lowest BCUT2D eigenvalue weighted by Crippen LogP contribution is -2.10. The first-order valence-corrected chi connectivity index (χ1v) is 17.5. The van der Waals surface area contributed by atoms with Gasteiger partial charge in [0.25, 0.3) is 0 Å². The Morgan fingerprint density at radius 1 is 0.444 bits per heavy atom.